The van der Waals surface area contributed by atoms with Gasteiger partial charge in [-0.05, 0) is 45.3 Å². The molecule has 0 aliphatic carbocycles. The van der Waals surface area contributed by atoms with Gasteiger partial charge in [0.2, 0.25) is 0 Å². The van der Waals surface area contributed by atoms with Crippen molar-refractivity contribution in [1.29, 1.82) is 0 Å². The molecule has 0 saturated heterocycles. The number of hydrogen-bond donors (Lipinski definition) is 1. The molecule has 0 amide bonds. The van der Waals surface area contributed by atoms with Gasteiger partial charge in [0.1, 0.15) is 0 Å². The van der Waals surface area contributed by atoms with E-state index in [0.717, 1.165) is 44.3 Å². The number of halogens is 17. The van der Waals surface area contributed by atoms with Gasteiger partial charge in [0.25, 0.3) is 0 Å². The monoisotopic (exact) mass is 675 g/mol. The summed E-state index contributed by atoms with van der Waals surface area (Å²) < 4.78 is 243. The number of aromatic amines is 1. The van der Waals surface area contributed by atoms with Crippen LogP contribution in [-0.2, 0) is 15.0 Å². The molecule has 1 aromatic rings. The summed E-state index contributed by atoms with van der Waals surface area (Å²) in [6, 6.07) is -0.719. The Balaban J connectivity index is 4.22. The SMILES string of the molecule is C[Si](C)(C)OC(c1cc(C(F)(F)F)c(C(O[Si](C)(C)C)C(F)(F)C(F)(F)C(F)(F)F)[nH]1)C(F)(F)C(F)(F)C(F)(F)F. The summed E-state index contributed by atoms with van der Waals surface area (Å²) in [7, 11) is -7.67. The normalized spacial score (nSPS) is 17.1. The van der Waals surface area contributed by atoms with E-state index >= 15 is 0 Å². The Labute approximate surface area is 222 Å². The third-order valence-corrected chi connectivity index (χ3v) is 6.76. The highest BCUT2D eigenvalue weighted by Crippen LogP contribution is 2.57. The van der Waals surface area contributed by atoms with Crippen LogP contribution in [0.25, 0.3) is 0 Å². The van der Waals surface area contributed by atoms with E-state index in [4.69, 9.17) is 0 Å². The Morgan fingerprint density at radius 1 is 0.561 bits per heavy atom. The fraction of sp³-hybridized carbons (Fsp3) is 0.789. The standard InChI is InChI=1S/C19H22F17NO2Si2/c1-40(2,3)38-11(13(20,21)16(27,28)18(31,32)33)9-7-8(15(24,25)26)10(37-9)12(39-41(4,5)6)14(22,23)17(29,30)19(34,35)36/h7,11-12,37H,1-6H3. The van der Waals surface area contributed by atoms with Gasteiger partial charge in [-0.2, -0.15) is 74.6 Å². The van der Waals surface area contributed by atoms with Gasteiger partial charge in [-0.1, -0.05) is 0 Å². The highest BCUT2D eigenvalue weighted by Gasteiger charge is 2.78. The smallest absolute Gasteiger partial charge is 0.404 e. The zero-order chi connectivity index (χ0) is 33.2. The second-order valence-electron chi connectivity index (χ2n) is 10.7. The molecule has 3 nitrogen and oxygen atoms in total. The lowest BCUT2D eigenvalue weighted by molar-refractivity contribution is -0.371. The molecule has 22 heteroatoms. The fourth-order valence-electron chi connectivity index (χ4n) is 3.14. The van der Waals surface area contributed by atoms with Crippen LogP contribution in [0, 0.1) is 0 Å². The first kappa shape index (κ1) is 37.5. The Morgan fingerprint density at radius 3 is 1.17 bits per heavy atom. The Hall–Kier alpha value is -1.56. The molecule has 1 heterocycles. The second-order valence-corrected chi connectivity index (χ2v) is 19.6. The average molecular weight is 676 g/mol. The molecule has 0 aliphatic rings. The molecule has 1 N–H and O–H groups in total. The lowest BCUT2D eigenvalue weighted by atomic mass is 9.99. The molecule has 242 valence electrons. The van der Waals surface area contributed by atoms with Crippen molar-refractivity contribution in [3.63, 3.8) is 0 Å². The maximum absolute atomic E-state index is 14.8. The largest absolute Gasteiger partial charge is 0.459 e. The van der Waals surface area contributed by atoms with Gasteiger partial charge in [-0.3, -0.25) is 0 Å². The van der Waals surface area contributed by atoms with Crippen molar-refractivity contribution in [3.8, 4) is 0 Å². The van der Waals surface area contributed by atoms with Gasteiger partial charge in [0, 0.05) is 0 Å². The molecule has 2 unspecified atom stereocenters. The second kappa shape index (κ2) is 10.6. The molecule has 0 saturated carbocycles. The van der Waals surface area contributed by atoms with E-state index in [1.165, 1.54) is 0 Å². The Kier molecular flexibility index (Phi) is 9.65. The molecule has 0 aliphatic heterocycles. The van der Waals surface area contributed by atoms with Crippen LogP contribution in [0.15, 0.2) is 6.07 Å². The molecule has 1 aromatic heterocycles. The van der Waals surface area contributed by atoms with Crippen LogP contribution in [0.5, 0.6) is 0 Å². The van der Waals surface area contributed by atoms with Crippen molar-refractivity contribution in [2.75, 3.05) is 0 Å². The number of alkyl halides is 17. The summed E-state index contributed by atoms with van der Waals surface area (Å²) in [5.41, 5.74) is -7.28. The lowest BCUT2D eigenvalue weighted by Crippen LogP contribution is -2.57. The maximum Gasteiger partial charge on any atom is 0.459 e. The van der Waals surface area contributed by atoms with Crippen molar-refractivity contribution in [2.45, 2.75) is 93.7 Å². The molecular formula is C19H22F17NO2Si2. The minimum atomic E-state index is -7.13. The molecule has 2 atom stereocenters. The first-order valence-corrected chi connectivity index (χ1v) is 17.6. The van der Waals surface area contributed by atoms with Crippen LogP contribution >= 0.6 is 0 Å². The van der Waals surface area contributed by atoms with E-state index in [0.29, 0.717) is 0 Å². The van der Waals surface area contributed by atoms with E-state index in [9.17, 15) is 74.6 Å². The van der Waals surface area contributed by atoms with Crippen LogP contribution in [0.3, 0.4) is 0 Å². The lowest BCUT2D eigenvalue weighted by Gasteiger charge is -2.37. The number of H-pyrrole nitrogens is 1. The van der Waals surface area contributed by atoms with Crippen LogP contribution in [-0.4, -0.2) is 57.7 Å². The van der Waals surface area contributed by atoms with Gasteiger partial charge in [0.05, 0.1) is 17.0 Å². The third-order valence-electron chi connectivity index (χ3n) is 4.87. The van der Waals surface area contributed by atoms with Gasteiger partial charge < -0.3 is 13.8 Å². The summed E-state index contributed by atoms with van der Waals surface area (Å²) >= 11 is 0. The van der Waals surface area contributed by atoms with E-state index in [-0.39, 0.29) is 0 Å². The molecule has 0 radical (unpaired) electrons. The molecule has 0 bridgehead atoms. The van der Waals surface area contributed by atoms with E-state index in [2.05, 4.69) is 8.85 Å². The van der Waals surface area contributed by atoms with Crippen LogP contribution < -0.4 is 0 Å². The van der Waals surface area contributed by atoms with Crippen molar-refractivity contribution < 1.29 is 83.5 Å². The van der Waals surface area contributed by atoms with Crippen LogP contribution in [0.4, 0.5) is 74.6 Å². The quantitative estimate of drug-likeness (QED) is 0.198. The summed E-state index contributed by atoms with van der Waals surface area (Å²) in [4.78, 5) is 1.01. The Bertz CT molecular complexity index is 1060. The van der Waals surface area contributed by atoms with Gasteiger partial charge in [0.15, 0.2) is 28.8 Å². The zero-order valence-electron chi connectivity index (χ0n) is 21.5. The van der Waals surface area contributed by atoms with Gasteiger partial charge in [-0.15, -0.1) is 0 Å². The summed E-state index contributed by atoms with van der Waals surface area (Å²) in [6.45, 7) is 5.21. The fourth-order valence-corrected chi connectivity index (χ4v) is 5.09. The highest BCUT2D eigenvalue weighted by atomic mass is 28.4. The Morgan fingerprint density at radius 2 is 0.878 bits per heavy atom. The highest BCUT2D eigenvalue weighted by molar-refractivity contribution is 6.70. The van der Waals surface area contributed by atoms with Crippen molar-refractivity contribution >= 4 is 16.6 Å². The van der Waals surface area contributed by atoms with E-state index < -0.39 is 94.1 Å². The van der Waals surface area contributed by atoms with Crippen molar-refractivity contribution in [2.24, 2.45) is 0 Å². The molecule has 41 heavy (non-hydrogen) atoms. The molecule has 0 aromatic carbocycles. The van der Waals surface area contributed by atoms with Crippen molar-refractivity contribution in [1.82, 2.24) is 4.98 Å². The molecule has 0 spiro atoms. The number of aromatic nitrogens is 1. The summed E-state index contributed by atoms with van der Waals surface area (Å²) in [5.74, 6) is -27.3. The van der Waals surface area contributed by atoms with Crippen molar-refractivity contribution in [3.05, 3.63) is 23.0 Å². The minimum absolute atomic E-state index is 0.719. The molecule has 0 fully saturated rings. The first-order chi connectivity index (χ1) is 17.5. The van der Waals surface area contributed by atoms with E-state index in [1.807, 2.05) is 0 Å². The predicted octanol–water partition coefficient (Wildman–Crippen LogP) is 9.48. The zero-order valence-corrected chi connectivity index (χ0v) is 23.5. The topological polar surface area (TPSA) is 34.2 Å². The van der Waals surface area contributed by atoms with Gasteiger partial charge in [-0.25, -0.2) is 0 Å². The molecule has 1 rings (SSSR count). The summed E-state index contributed by atoms with van der Waals surface area (Å²) in [5, 5.41) is 0. The summed E-state index contributed by atoms with van der Waals surface area (Å²) in [6.07, 6.45) is -28.5. The third kappa shape index (κ3) is 7.51. The van der Waals surface area contributed by atoms with Gasteiger partial charge >= 0.3 is 42.2 Å². The maximum atomic E-state index is 14.8. The van der Waals surface area contributed by atoms with Crippen LogP contribution in [0.2, 0.25) is 39.3 Å². The molecular weight excluding hydrogens is 653 g/mol. The minimum Gasteiger partial charge on any atom is -0.404 e. The van der Waals surface area contributed by atoms with E-state index in [1.54, 1.807) is 0 Å². The average Bonchev–Trinajstić information content (AvgIpc) is 3.11. The first-order valence-electron chi connectivity index (χ1n) is 10.8. The predicted molar refractivity (Wildman–Crippen MR) is 112 cm³/mol. The van der Waals surface area contributed by atoms with Crippen LogP contribution in [0.1, 0.15) is 29.2 Å². The number of hydrogen-bond acceptors (Lipinski definition) is 2. The number of nitrogens with one attached hydrogen (secondary N) is 1. The number of rotatable bonds is 10.